The third-order valence-corrected chi connectivity index (χ3v) is 2.92. The molecule has 2 bridgehead atoms. The molecule has 3 N–H and O–H groups in total. The summed E-state index contributed by atoms with van der Waals surface area (Å²) < 4.78 is 0. The first-order chi connectivity index (χ1) is 6.20. The first kappa shape index (κ1) is 9.15. The van der Waals surface area contributed by atoms with Crippen molar-refractivity contribution < 1.29 is 15.4 Å². The number of rotatable bonds is 0. The number of hydroxylamine groups is 2. The normalized spacial score (nSPS) is 41.2. The predicted octanol–water partition coefficient (Wildman–Crippen LogP) is 0.445. The Morgan fingerprint density at radius 1 is 1.31 bits per heavy atom. The minimum absolute atomic E-state index is 0.0223. The molecule has 0 radical (unpaired) electrons. The van der Waals surface area contributed by atoms with Crippen LogP contribution in [0.2, 0.25) is 0 Å². The van der Waals surface area contributed by atoms with E-state index in [2.05, 4.69) is 0 Å². The number of nitrogens with zero attached hydrogens (tertiary/aromatic N) is 1. The van der Waals surface area contributed by atoms with E-state index in [9.17, 15) is 15.4 Å². The molecule has 0 saturated heterocycles. The van der Waals surface area contributed by atoms with Gasteiger partial charge < -0.3 is 15.4 Å². The van der Waals surface area contributed by atoms with Gasteiger partial charge in [0.2, 0.25) is 0 Å². The van der Waals surface area contributed by atoms with Gasteiger partial charge in [-0.15, -0.1) is 5.06 Å². The molecule has 3 atom stereocenters. The van der Waals surface area contributed by atoms with E-state index in [0.29, 0.717) is 5.06 Å². The minimum atomic E-state index is -1.01. The van der Waals surface area contributed by atoms with Crippen molar-refractivity contribution in [3.63, 3.8) is 0 Å². The van der Waals surface area contributed by atoms with Gasteiger partial charge in [0.05, 0.1) is 0 Å². The SMILES string of the molecule is OC1C2=CC(CCCC2)[C@@H](O)N1O. The standard InChI is InChI=1S/C9H15NO3/c11-8-6-3-1-2-4-7(5-6)9(12)10(8)13/h5-6,8-9,11-13H,1-4H2/t6?,8-,9?/m1/s1. The van der Waals surface area contributed by atoms with Gasteiger partial charge in [-0.2, -0.15) is 0 Å². The molecule has 2 unspecified atom stereocenters. The fraction of sp³-hybridized carbons (Fsp3) is 0.778. The minimum Gasteiger partial charge on any atom is -0.375 e. The van der Waals surface area contributed by atoms with E-state index in [1.54, 1.807) is 0 Å². The lowest BCUT2D eigenvalue weighted by Gasteiger charge is -2.35. The Bertz CT molecular complexity index is 229. The highest BCUT2D eigenvalue weighted by molar-refractivity contribution is 5.14. The van der Waals surface area contributed by atoms with E-state index >= 15 is 0 Å². The number of hydrogen-bond acceptors (Lipinski definition) is 4. The quantitative estimate of drug-likeness (QED) is 0.479. The van der Waals surface area contributed by atoms with Gasteiger partial charge in [0, 0.05) is 5.92 Å². The second-order valence-electron chi connectivity index (χ2n) is 3.82. The fourth-order valence-corrected chi connectivity index (χ4v) is 2.11. The lowest BCUT2D eigenvalue weighted by molar-refractivity contribution is -0.274. The van der Waals surface area contributed by atoms with Gasteiger partial charge in [-0.1, -0.05) is 12.5 Å². The maximum Gasteiger partial charge on any atom is 0.154 e. The van der Waals surface area contributed by atoms with Crippen LogP contribution in [0.5, 0.6) is 0 Å². The Morgan fingerprint density at radius 2 is 2.08 bits per heavy atom. The lowest BCUT2D eigenvalue weighted by atomic mass is 9.96. The van der Waals surface area contributed by atoms with Crippen molar-refractivity contribution in [1.82, 2.24) is 5.06 Å². The van der Waals surface area contributed by atoms with Gasteiger partial charge in [0.1, 0.15) is 6.23 Å². The van der Waals surface area contributed by atoms with E-state index in [1.165, 1.54) is 0 Å². The highest BCUT2D eigenvalue weighted by Crippen LogP contribution is 2.32. The summed E-state index contributed by atoms with van der Waals surface area (Å²) in [7, 11) is 0. The highest BCUT2D eigenvalue weighted by Gasteiger charge is 2.35. The van der Waals surface area contributed by atoms with Crippen LogP contribution in [-0.2, 0) is 0 Å². The van der Waals surface area contributed by atoms with Crippen molar-refractivity contribution in [1.29, 1.82) is 0 Å². The topological polar surface area (TPSA) is 63.9 Å². The molecule has 4 nitrogen and oxygen atoms in total. The Labute approximate surface area is 77.1 Å². The molecule has 0 aromatic carbocycles. The first-order valence-electron chi connectivity index (χ1n) is 4.74. The van der Waals surface area contributed by atoms with Crippen LogP contribution in [0.3, 0.4) is 0 Å². The maximum absolute atomic E-state index is 9.56. The van der Waals surface area contributed by atoms with Crippen LogP contribution in [-0.4, -0.2) is 32.9 Å². The average molecular weight is 185 g/mol. The summed E-state index contributed by atoms with van der Waals surface area (Å²) in [5.41, 5.74) is 0.843. The molecule has 13 heavy (non-hydrogen) atoms. The molecule has 0 fully saturated rings. The molecular formula is C9H15NO3. The molecule has 2 rings (SSSR count). The predicted molar refractivity (Wildman–Crippen MR) is 45.7 cm³/mol. The van der Waals surface area contributed by atoms with Gasteiger partial charge in [-0.3, -0.25) is 0 Å². The van der Waals surface area contributed by atoms with Gasteiger partial charge >= 0.3 is 0 Å². The molecule has 0 spiro atoms. The van der Waals surface area contributed by atoms with E-state index in [1.807, 2.05) is 6.08 Å². The Morgan fingerprint density at radius 3 is 2.85 bits per heavy atom. The molecule has 1 aliphatic heterocycles. The summed E-state index contributed by atoms with van der Waals surface area (Å²) in [6.45, 7) is 0. The van der Waals surface area contributed by atoms with Crippen molar-refractivity contribution in [2.75, 3.05) is 0 Å². The molecule has 0 aromatic heterocycles. The summed E-state index contributed by atoms with van der Waals surface area (Å²) >= 11 is 0. The zero-order valence-corrected chi connectivity index (χ0v) is 7.43. The first-order valence-corrected chi connectivity index (χ1v) is 4.74. The summed E-state index contributed by atoms with van der Waals surface area (Å²) in [5, 5.41) is 29.1. The highest BCUT2D eigenvalue weighted by atomic mass is 16.6. The second kappa shape index (κ2) is 3.38. The molecular weight excluding hydrogens is 170 g/mol. The molecule has 1 aliphatic carbocycles. The molecule has 74 valence electrons. The zero-order valence-electron chi connectivity index (χ0n) is 7.43. The second-order valence-corrected chi connectivity index (χ2v) is 3.82. The molecule has 4 heteroatoms. The molecule has 2 aliphatic rings. The molecule has 0 aromatic rings. The summed E-state index contributed by atoms with van der Waals surface area (Å²) in [6, 6.07) is 0. The largest absolute Gasteiger partial charge is 0.375 e. The van der Waals surface area contributed by atoms with Crippen LogP contribution >= 0.6 is 0 Å². The number of aliphatic hydroxyl groups excluding tert-OH is 2. The average Bonchev–Trinajstić information content (AvgIpc) is 2.36. The summed E-state index contributed by atoms with van der Waals surface area (Å²) in [5.74, 6) is -0.0223. The van der Waals surface area contributed by atoms with Crippen molar-refractivity contribution in [3.8, 4) is 0 Å². The van der Waals surface area contributed by atoms with Crippen molar-refractivity contribution in [2.45, 2.75) is 38.1 Å². The van der Waals surface area contributed by atoms with E-state index < -0.39 is 12.5 Å². The smallest absolute Gasteiger partial charge is 0.154 e. The fourth-order valence-electron chi connectivity index (χ4n) is 2.11. The third-order valence-electron chi connectivity index (χ3n) is 2.92. The zero-order chi connectivity index (χ0) is 9.42. The van der Waals surface area contributed by atoms with E-state index in [0.717, 1.165) is 31.3 Å². The van der Waals surface area contributed by atoms with Crippen molar-refractivity contribution >= 4 is 0 Å². The number of hydrogen-bond donors (Lipinski definition) is 3. The Kier molecular flexibility index (Phi) is 2.38. The monoisotopic (exact) mass is 185 g/mol. The van der Waals surface area contributed by atoms with Crippen LogP contribution in [0.15, 0.2) is 11.6 Å². The van der Waals surface area contributed by atoms with Gasteiger partial charge in [-0.25, -0.2) is 0 Å². The van der Waals surface area contributed by atoms with E-state index in [4.69, 9.17) is 0 Å². The lowest BCUT2D eigenvalue weighted by Crippen LogP contribution is -2.48. The molecule has 1 heterocycles. The Hall–Kier alpha value is -0.420. The molecule has 0 saturated carbocycles. The van der Waals surface area contributed by atoms with Crippen LogP contribution in [0.25, 0.3) is 0 Å². The van der Waals surface area contributed by atoms with Crippen LogP contribution in [0.1, 0.15) is 25.7 Å². The van der Waals surface area contributed by atoms with Gasteiger partial charge in [-0.05, 0) is 24.8 Å². The van der Waals surface area contributed by atoms with Crippen molar-refractivity contribution in [3.05, 3.63) is 11.6 Å². The molecule has 0 amide bonds. The Balaban J connectivity index is 2.25. The number of aliphatic hydroxyl groups is 2. The van der Waals surface area contributed by atoms with Crippen molar-refractivity contribution in [2.24, 2.45) is 5.92 Å². The summed E-state index contributed by atoms with van der Waals surface area (Å²) in [4.78, 5) is 0. The van der Waals surface area contributed by atoms with Gasteiger partial charge in [0.25, 0.3) is 0 Å². The third kappa shape index (κ3) is 1.50. The maximum atomic E-state index is 9.56. The number of fused-ring (bicyclic) bond motifs is 1. The summed E-state index contributed by atoms with van der Waals surface area (Å²) in [6.07, 6.45) is 3.73. The van der Waals surface area contributed by atoms with Crippen LogP contribution in [0.4, 0.5) is 0 Å². The van der Waals surface area contributed by atoms with Gasteiger partial charge in [0.15, 0.2) is 6.23 Å². The van der Waals surface area contributed by atoms with Crippen LogP contribution in [0, 0.1) is 5.92 Å². The van der Waals surface area contributed by atoms with Crippen LogP contribution < -0.4 is 0 Å². The van der Waals surface area contributed by atoms with E-state index in [-0.39, 0.29) is 5.92 Å².